The lowest BCUT2D eigenvalue weighted by molar-refractivity contribution is -0.140. The molecule has 0 aliphatic carbocycles. The summed E-state index contributed by atoms with van der Waals surface area (Å²) in [5, 5.41) is 0. The second-order valence-electron chi connectivity index (χ2n) is 4.69. The van der Waals surface area contributed by atoms with Crippen molar-refractivity contribution in [2.45, 2.75) is 26.8 Å². The van der Waals surface area contributed by atoms with Crippen molar-refractivity contribution in [3.63, 3.8) is 0 Å². The van der Waals surface area contributed by atoms with Gasteiger partial charge in [-0.05, 0) is 18.1 Å². The zero-order chi connectivity index (χ0) is 12.4. The van der Waals surface area contributed by atoms with Gasteiger partial charge in [0, 0.05) is 18.5 Å². The highest BCUT2D eigenvalue weighted by atomic mass is 16.2. The largest absolute Gasteiger partial charge is 0.276 e. The van der Waals surface area contributed by atoms with E-state index in [1.54, 1.807) is 6.20 Å². The fourth-order valence-corrected chi connectivity index (χ4v) is 2.05. The average molecular weight is 232 g/mol. The van der Waals surface area contributed by atoms with E-state index in [2.05, 4.69) is 4.98 Å². The molecule has 1 aliphatic heterocycles. The molecule has 1 unspecified atom stereocenters. The second-order valence-corrected chi connectivity index (χ2v) is 4.69. The summed E-state index contributed by atoms with van der Waals surface area (Å²) in [7, 11) is 0. The van der Waals surface area contributed by atoms with Crippen LogP contribution in [0.15, 0.2) is 24.4 Å². The lowest BCUT2D eigenvalue weighted by Gasteiger charge is -2.15. The normalized spacial score (nSPS) is 20.4. The summed E-state index contributed by atoms with van der Waals surface area (Å²) in [6.45, 7) is 4.24. The summed E-state index contributed by atoms with van der Waals surface area (Å²) < 4.78 is 0. The number of amides is 2. The Morgan fingerprint density at radius 2 is 2.18 bits per heavy atom. The molecule has 17 heavy (non-hydrogen) atoms. The third-order valence-corrected chi connectivity index (χ3v) is 3.13. The van der Waals surface area contributed by atoms with Crippen molar-refractivity contribution in [1.82, 2.24) is 9.88 Å². The summed E-state index contributed by atoms with van der Waals surface area (Å²) >= 11 is 0. The van der Waals surface area contributed by atoms with E-state index in [-0.39, 0.29) is 23.7 Å². The van der Waals surface area contributed by atoms with E-state index in [1.807, 2.05) is 32.0 Å². The van der Waals surface area contributed by atoms with Gasteiger partial charge in [0.15, 0.2) is 0 Å². The monoisotopic (exact) mass is 232 g/mol. The molecule has 90 valence electrons. The van der Waals surface area contributed by atoms with Crippen molar-refractivity contribution >= 4 is 11.8 Å². The van der Waals surface area contributed by atoms with E-state index in [0.29, 0.717) is 13.0 Å². The SMILES string of the molecule is CC(C)C1CC(=O)N(Cc2ccccn2)C1=O. The molecule has 2 amide bonds. The van der Waals surface area contributed by atoms with E-state index in [4.69, 9.17) is 0 Å². The van der Waals surface area contributed by atoms with Crippen LogP contribution in [0.4, 0.5) is 0 Å². The molecule has 1 aromatic rings. The van der Waals surface area contributed by atoms with Gasteiger partial charge in [0.05, 0.1) is 12.2 Å². The van der Waals surface area contributed by atoms with Crippen LogP contribution in [0, 0.1) is 11.8 Å². The van der Waals surface area contributed by atoms with Gasteiger partial charge < -0.3 is 0 Å². The first-order valence-electron chi connectivity index (χ1n) is 5.83. The van der Waals surface area contributed by atoms with Crippen molar-refractivity contribution in [1.29, 1.82) is 0 Å². The first kappa shape index (κ1) is 11.8. The van der Waals surface area contributed by atoms with Crippen LogP contribution in [0.5, 0.6) is 0 Å². The third-order valence-electron chi connectivity index (χ3n) is 3.13. The highest BCUT2D eigenvalue weighted by Crippen LogP contribution is 2.27. The number of rotatable bonds is 3. The maximum atomic E-state index is 12.0. The molecule has 0 saturated carbocycles. The number of pyridine rings is 1. The van der Waals surface area contributed by atoms with Crippen LogP contribution in [0.2, 0.25) is 0 Å². The van der Waals surface area contributed by atoms with E-state index >= 15 is 0 Å². The standard InChI is InChI=1S/C13H16N2O2/c1-9(2)11-7-12(16)15(13(11)17)8-10-5-3-4-6-14-10/h3-6,9,11H,7-8H2,1-2H3. The van der Waals surface area contributed by atoms with Crippen LogP contribution >= 0.6 is 0 Å². The first-order valence-corrected chi connectivity index (χ1v) is 5.83. The molecule has 0 bridgehead atoms. The van der Waals surface area contributed by atoms with Crippen LogP contribution < -0.4 is 0 Å². The molecule has 1 aliphatic rings. The van der Waals surface area contributed by atoms with E-state index in [0.717, 1.165) is 5.69 Å². The molecule has 1 aromatic heterocycles. The maximum Gasteiger partial charge on any atom is 0.233 e. The van der Waals surface area contributed by atoms with Gasteiger partial charge in [-0.15, -0.1) is 0 Å². The van der Waals surface area contributed by atoms with Crippen LogP contribution in [0.1, 0.15) is 26.0 Å². The molecule has 1 atom stereocenters. The van der Waals surface area contributed by atoms with Crippen molar-refractivity contribution in [3.05, 3.63) is 30.1 Å². The van der Waals surface area contributed by atoms with Gasteiger partial charge in [-0.25, -0.2) is 0 Å². The fourth-order valence-electron chi connectivity index (χ4n) is 2.05. The molecular weight excluding hydrogens is 216 g/mol. The van der Waals surface area contributed by atoms with Crippen molar-refractivity contribution in [2.75, 3.05) is 0 Å². The molecular formula is C13H16N2O2. The van der Waals surface area contributed by atoms with Crippen LogP contribution in [0.3, 0.4) is 0 Å². The summed E-state index contributed by atoms with van der Waals surface area (Å²) in [5.74, 6) is -0.0959. The number of nitrogens with zero attached hydrogens (tertiary/aromatic N) is 2. The fraction of sp³-hybridized carbons (Fsp3) is 0.462. The van der Waals surface area contributed by atoms with Gasteiger partial charge in [0.1, 0.15) is 0 Å². The number of likely N-dealkylation sites (tertiary alicyclic amines) is 1. The number of hydrogen-bond donors (Lipinski definition) is 0. The van der Waals surface area contributed by atoms with Crippen LogP contribution in [0.25, 0.3) is 0 Å². The lowest BCUT2D eigenvalue weighted by Crippen LogP contribution is -2.31. The molecule has 0 radical (unpaired) electrons. The van der Waals surface area contributed by atoms with Gasteiger partial charge in [-0.3, -0.25) is 19.5 Å². The summed E-state index contributed by atoms with van der Waals surface area (Å²) in [6.07, 6.45) is 2.00. The molecule has 2 rings (SSSR count). The Bertz CT molecular complexity index is 428. The van der Waals surface area contributed by atoms with Gasteiger partial charge in [0.25, 0.3) is 0 Å². The second kappa shape index (κ2) is 4.65. The van der Waals surface area contributed by atoms with Gasteiger partial charge in [-0.2, -0.15) is 0 Å². The zero-order valence-electron chi connectivity index (χ0n) is 10.1. The third kappa shape index (κ3) is 2.35. The van der Waals surface area contributed by atoms with Crippen LogP contribution in [-0.4, -0.2) is 21.7 Å². The number of carbonyl (C=O) groups excluding carboxylic acids is 2. The van der Waals surface area contributed by atoms with E-state index in [9.17, 15) is 9.59 Å². The minimum absolute atomic E-state index is 0.0596. The van der Waals surface area contributed by atoms with Crippen LogP contribution in [-0.2, 0) is 16.1 Å². The average Bonchev–Trinajstić information content (AvgIpc) is 2.58. The molecule has 4 nitrogen and oxygen atoms in total. The Kier molecular flexibility index (Phi) is 3.22. The Morgan fingerprint density at radius 3 is 2.71 bits per heavy atom. The van der Waals surface area contributed by atoms with E-state index < -0.39 is 0 Å². The van der Waals surface area contributed by atoms with E-state index in [1.165, 1.54) is 4.90 Å². The smallest absolute Gasteiger partial charge is 0.233 e. The van der Waals surface area contributed by atoms with Gasteiger partial charge in [-0.1, -0.05) is 19.9 Å². The molecule has 2 heterocycles. The molecule has 1 saturated heterocycles. The molecule has 0 spiro atoms. The number of hydrogen-bond acceptors (Lipinski definition) is 3. The highest BCUT2D eigenvalue weighted by Gasteiger charge is 2.39. The topological polar surface area (TPSA) is 50.3 Å². The summed E-state index contributed by atoms with van der Waals surface area (Å²) in [5.41, 5.74) is 0.749. The Labute approximate surface area is 101 Å². The Hall–Kier alpha value is -1.71. The van der Waals surface area contributed by atoms with Crippen molar-refractivity contribution in [3.8, 4) is 0 Å². The minimum Gasteiger partial charge on any atom is -0.276 e. The Balaban J connectivity index is 2.12. The maximum absolute atomic E-state index is 12.0. The minimum atomic E-state index is -0.161. The first-order chi connectivity index (χ1) is 8.09. The predicted octanol–water partition coefficient (Wildman–Crippen LogP) is 1.61. The van der Waals surface area contributed by atoms with Gasteiger partial charge >= 0.3 is 0 Å². The molecule has 4 heteroatoms. The van der Waals surface area contributed by atoms with Crippen molar-refractivity contribution in [2.24, 2.45) is 11.8 Å². The number of aromatic nitrogens is 1. The summed E-state index contributed by atoms with van der Waals surface area (Å²) in [4.78, 5) is 29.3. The molecule has 0 aromatic carbocycles. The number of carbonyl (C=O) groups is 2. The number of imide groups is 1. The molecule has 1 fully saturated rings. The lowest BCUT2D eigenvalue weighted by atomic mass is 9.94. The predicted molar refractivity (Wildman–Crippen MR) is 62.7 cm³/mol. The quantitative estimate of drug-likeness (QED) is 0.744. The Morgan fingerprint density at radius 1 is 1.41 bits per heavy atom. The summed E-state index contributed by atoms with van der Waals surface area (Å²) in [6, 6.07) is 5.49. The van der Waals surface area contributed by atoms with Crippen molar-refractivity contribution < 1.29 is 9.59 Å². The highest BCUT2D eigenvalue weighted by molar-refractivity contribution is 6.03. The zero-order valence-corrected chi connectivity index (χ0v) is 10.1. The molecule has 0 N–H and O–H groups in total. The van der Waals surface area contributed by atoms with Gasteiger partial charge in [0.2, 0.25) is 11.8 Å².